The molecule has 1 aromatic heterocycles. The number of amides is 1. The molecule has 2 atom stereocenters. The highest BCUT2D eigenvalue weighted by molar-refractivity contribution is 7.09. The number of carbonyl (C=O) groups is 2. The number of aryl methyl sites for hydroxylation is 1. The van der Waals surface area contributed by atoms with Gasteiger partial charge in [-0.3, -0.25) is 4.79 Å². The van der Waals surface area contributed by atoms with Gasteiger partial charge in [0.05, 0.1) is 11.6 Å². The van der Waals surface area contributed by atoms with Crippen molar-refractivity contribution >= 4 is 23.2 Å². The Morgan fingerprint density at radius 1 is 1.38 bits per heavy atom. The Hall–Kier alpha value is -2.25. The Kier molecular flexibility index (Phi) is 6.00. The van der Waals surface area contributed by atoms with Crippen LogP contribution in [0.3, 0.4) is 0 Å². The van der Waals surface area contributed by atoms with Gasteiger partial charge in [0.1, 0.15) is 11.7 Å². The van der Waals surface area contributed by atoms with Gasteiger partial charge < -0.3 is 15.2 Å². The van der Waals surface area contributed by atoms with Gasteiger partial charge in [-0.15, -0.1) is 11.3 Å². The van der Waals surface area contributed by atoms with Gasteiger partial charge in [0, 0.05) is 24.3 Å². The maximum absolute atomic E-state index is 12.4. The highest BCUT2D eigenvalue weighted by atomic mass is 32.1. The average Bonchev–Trinajstić information content (AvgIpc) is 3.10. The molecule has 1 aliphatic heterocycles. The molecule has 1 aromatic carbocycles. The molecule has 3 rings (SSSR count). The monoisotopic (exact) mass is 374 g/mol. The molecular weight excluding hydrogens is 352 g/mol. The molecule has 0 spiro atoms. The van der Waals surface area contributed by atoms with Gasteiger partial charge in [0.2, 0.25) is 0 Å². The van der Waals surface area contributed by atoms with Crippen molar-refractivity contribution < 1.29 is 19.4 Å². The number of carboxylic acids is 1. The lowest BCUT2D eigenvalue weighted by Crippen LogP contribution is -2.48. The summed E-state index contributed by atoms with van der Waals surface area (Å²) in [7, 11) is 0. The van der Waals surface area contributed by atoms with Crippen molar-refractivity contribution in [2.24, 2.45) is 5.92 Å². The van der Waals surface area contributed by atoms with E-state index in [2.05, 4.69) is 10.3 Å². The molecule has 1 amide bonds. The fourth-order valence-electron chi connectivity index (χ4n) is 3.00. The van der Waals surface area contributed by atoms with Gasteiger partial charge in [0.25, 0.3) is 5.91 Å². The summed E-state index contributed by atoms with van der Waals surface area (Å²) in [6.45, 7) is 3.03. The molecule has 26 heavy (non-hydrogen) atoms. The van der Waals surface area contributed by atoms with Crippen LogP contribution in [0.5, 0.6) is 0 Å². The second-order valence-electron chi connectivity index (χ2n) is 6.56. The number of hydrogen-bond acceptors (Lipinski definition) is 5. The van der Waals surface area contributed by atoms with Gasteiger partial charge in [-0.2, -0.15) is 0 Å². The van der Waals surface area contributed by atoms with Gasteiger partial charge in [-0.1, -0.05) is 29.8 Å². The second kappa shape index (κ2) is 8.42. The topological polar surface area (TPSA) is 88.5 Å². The van der Waals surface area contributed by atoms with Crippen molar-refractivity contribution in [2.75, 3.05) is 13.2 Å². The number of rotatable bonds is 6. The van der Waals surface area contributed by atoms with Crippen LogP contribution in [0.15, 0.2) is 29.6 Å². The van der Waals surface area contributed by atoms with E-state index in [0.717, 1.165) is 23.4 Å². The van der Waals surface area contributed by atoms with E-state index in [9.17, 15) is 14.7 Å². The predicted octanol–water partition coefficient (Wildman–Crippen LogP) is 2.65. The van der Waals surface area contributed by atoms with Crippen LogP contribution in [0.4, 0.5) is 0 Å². The van der Waals surface area contributed by atoms with Crippen LogP contribution in [0.1, 0.15) is 39.5 Å². The average molecular weight is 374 g/mol. The lowest BCUT2D eigenvalue weighted by Gasteiger charge is -2.27. The van der Waals surface area contributed by atoms with Crippen LogP contribution >= 0.6 is 11.3 Å². The van der Waals surface area contributed by atoms with E-state index in [0.29, 0.717) is 19.6 Å². The molecule has 2 heterocycles. The molecular formula is C19H22N2O4S. The van der Waals surface area contributed by atoms with Gasteiger partial charge in [-0.25, -0.2) is 9.78 Å². The van der Waals surface area contributed by atoms with Crippen molar-refractivity contribution in [3.8, 4) is 0 Å². The Balaban J connectivity index is 1.64. The highest BCUT2D eigenvalue weighted by Crippen LogP contribution is 2.19. The molecule has 7 heteroatoms. The summed E-state index contributed by atoms with van der Waals surface area (Å²) in [5, 5.41) is 14.6. The van der Waals surface area contributed by atoms with Crippen LogP contribution < -0.4 is 5.32 Å². The lowest BCUT2D eigenvalue weighted by molar-refractivity contribution is -0.142. The lowest BCUT2D eigenvalue weighted by atomic mass is 9.93. The van der Waals surface area contributed by atoms with Crippen LogP contribution in [0, 0.1) is 12.8 Å². The van der Waals surface area contributed by atoms with E-state index in [4.69, 9.17) is 4.74 Å². The fraction of sp³-hybridized carbons (Fsp3) is 0.421. The number of aromatic nitrogens is 1. The number of ether oxygens (including phenoxy) is 1. The summed E-state index contributed by atoms with van der Waals surface area (Å²) >= 11 is 1.40. The first-order valence-corrected chi connectivity index (χ1v) is 9.52. The van der Waals surface area contributed by atoms with Crippen molar-refractivity contribution in [3.05, 3.63) is 51.5 Å². The summed E-state index contributed by atoms with van der Waals surface area (Å²) in [4.78, 5) is 28.4. The van der Waals surface area contributed by atoms with Gasteiger partial charge in [-0.05, 0) is 25.3 Å². The third-order valence-electron chi connectivity index (χ3n) is 4.48. The Morgan fingerprint density at radius 2 is 2.15 bits per heavy atom. The minimum Gasteiger partial charge on any atom is -0.480 e. The molecule has 0 bridgehead atoms. The third kappa shape index (κ3) is 4.68. The van der Waals surface area contributed by atoms with E-state index in [1.807, 2.05) is 31.2 Å². The summed E-state index contributed by atoms with van der Waals surface area (Å²) in [6.07, 6.45) is 2.19. The first-order valence-electron chi connectivity index (χ1n) is 8.64. The Labute approximate surface area is 156 Å². The molecule has 2 N–H and O–H groups in total. The molecule has 2 aromatic rings. The number of thiazole rings is 1. The minimum atomic E-state index is -1.04. The molecule has 0 saturated carbocycles. The number of hydrogen-bond donors (Lipinski definition) is 2. The smallest absolute Gasteiger partial charge is 0.326 e. The van der Waals surface area contributed by atoms with Gasteiger partial charge >= 0.3 is 5.97 Å². The Morgan fingerprint density at radius 3 is 2.81 bits per heavy atom. The number of aliphatic carboxylic acids is 1. The zero-order valence-electron chi connectivity index (χ0n) is 14.6. The number of carbonyl (C=O) groups excluding carboxylic acids is 1. The van der Waals surface area contributed by atoms with E-state index < -0.39 is 17.9 Å². The maximum atomic E-state index is 12.4. The van der Waals surface area contributed by atoms with Crippen molar-refractivity contribution in [2.45, 2.75) is 32.2 Å². The first kappa shape index (κ1) is 18.5. The number of nitrogens with one attached hydrogen (secondary N) is 1. The SMILES string of the molecule is Cc1ccc(Cc2nc(C(=O)NC(C(=O)O)C3CCCOC3)cs2)cc1. The van der Waals surface area contributed by atoms with Gasteiger partial charge in [0.15, 0.2) is 0 Å². The maximum Gasteiger partial charge on any atom is 0.326 e. The molecule has 6 nitrogen and oxygen atoms in total. The molecule has 0 radical (unpaired) electrons. The minimum absolute atomic E-state index is 0.212. The zero-order chi connectivity index (χ0) is 18.5. The van der Waals surface area contributed by atoms with Crippen LogP contribution in [-0.2, 0) is 16.0 Å². The largest absolute Gasteiger partial charge is 0.480 e. The molecule has 2 unspecified atom stereocenters. The fourth-order valence-corrected chi connectivity index (χ4v) is 3.81. The summed E-state index contributed by atoms with van der Waals surface area (Å²) in [6, 6.07) is 7.21. The summed E-state index contributed by atoms with van der Waals surface area (Å²) < 4.78 is 5.35. The predicted molar refractivity (Wildman–Crippen MR) is 98.5 cm³/mol. The van der Waals surface area contributed by atoms with Crippen LogP contribution in [0.25, 0.3) is 0 Å². The van der Waals surface area contributed by atoms with Crippen molar-refractivity contribution in [1.82, 2.24) is 10.3 Å². The summed E-state index contributed by atoms with van der Waals surface area (Å²) in [5.74, 6) is -1.70. The summed E-state index contributed by atoms with van der Waals surface area (Å²) in [5.41, 5.74) is 2.58. The van der Waals surface area contributed by atoms with Crippen LogP contribution in [0.2, 0.25) is 0 Å². The molecule has 1 fully saturated rings. The first-order chi connectivity index (χ1) is 12.5. The third-order valence-corrected chi connectivity index (χ3v) is 5.33. The van der Waals surface area contributed by atoms with Crippen LogP contribution in [-0.4, -0.2) is 41.2 Å². The quantitative estimate of drug-likeness (QED) is 0.811. The van der Waals surface area contributed by atoms with Crippen molar-refractivity contribution in [1.29, 1.82) is 0 Å². The Bertz CT molecular complexity index is 766. The normalized spacial score (nSPS) is 18.3. The van der Waals surface area contributed by atoms with Crippen molar-refractivity contribution in [3.63, 3.8) is 0 Å². The second-order valence-corrected chi connectivity index (χ2v) is 7.50. The number of carboxylic acid groups (broad SMARTS) is 1. The number of benzene rings is 1. The zero-order valence-corrected chi connectivity index (χ0v) is 15.4. The standard InChI is InChI=1S/C19H22N2O4S/c1-12-4-6-13(7-5-12)9-16-20-15(11-26-16)18(22)21-17(19(23)24)14-3-2-8-25-10-14/h4-7,11,14,17H,2-3,8-10H2,1H3,(H,21,22)(H,23,24). The molecule has 1 aliphatic rings. The molecule has 1 saturated heterocycles. The van der Waals surface area contributed by atoms with E-state index in [1.165, 1.54) is 16.9 Å². The molecule has 138 valence electrons. The highest BCUT2D eigenvalue weighted by Gasteiger charge is 2.32. The van der Waals surface area contributed by atoms with E-state index in [-0.39, 0.29) is 11.6 Å². The van der Waals surface area contributed by atoms with E-state index >= 15 is 0 Å². The number of nitrogens with zero attached hydrogens (tertiary/aromatic N) is 1. The molecule has 0 aliphatic carbocycles. The van der Waals surface area contributed by atoms with E-state index in [1.54, 1.807) is 5.38 Å².